The molecule has 1 amide bonds. The van der Waals surface area contributed by atoms with E-state index in [1.165, 1.54) is 0 Å². The molecule has 1 aromatic carbocycles. The van der Waals surface area contributed by atoms with E-state index in [0.717, 1.165) is 42.3 Å². The number of hydrogen-bond acceptors (Lipinski definition) is 3. The first kappa shape index (κ1) is 16.2. The van der Waals surface area contributed by atoms with Crippen LogP contribution in [0, 0.1) is 5.92 Å². The van der Waals surface area contributed by atoms with Gasteiger partial charge in [-0.15, -0.1) is 0 Å². The first-order valence-corrected chi connectivity index (χ1v) is 8.10. The molecule has 5 heteroatoms. The lowest BCUT2D eigenvalue weighted by atomic mass is 9.99. The molecule has 4 nitrogen and oxygen atoms in total. The third-order valence-electron chi connectivity index (χ3n) is 3.94. The predicted octanol–water partition coefficient (Wildman–Crippen LogP) is 2.54. The normalized spacial score (nSPS) is 18.2. The Kier molecular flexibility index (Phi) is 5.94. The van der Waals surface area contributed by atoms with E-state index in [1.807, 2.05) is 31.2 Å². The number of carbonyl (C=O) groups is 2. The van der Waals surface area contributed by atoms with E-state index in [1.54, 1.807) is 0 Å². The molecule has 1 atom stereocenters. The van der Waals surface area contributed by atoms with Crippen LogP contribution in [-0.2, 0) is 9.59 Å². The smallest absolute Gasteiger partial charge is 0.234 e. The number of carbonyl (C=O) groups excluding carboxylic acids is 2. The molecule has 1 heterocycles. The van der Waals surface area contributed by atoms with Crippen LogP contribution in [0.1, 0.15) is 31.4 Å². The minimum absolute atomic E-state index is 0.00175. The number of nitrogens with zero attached hydrogens (tertiary/aromatic N) is 1. The highest BCUT2D eigenvalue weighted by molar-refractivity contribution is 9.10. The Morgan fingerprint density at radius 1 is 1.38 bits per heavy atom. The SMILES string of the molecule is CC(NC(=O)CN1CCC(C=O)CC1)c1ccc(Br)cc1. The molecule has 0 aromatic heterocycles. The number of hydrogen-bond donors (Lipinski definition) is 1. The van der Waals surface area contributed by atoms with Crippen molar-refractivity contribution in [1.82, 2.24) is 10.2 Å². The monoisotopic (exact) mass is 352 g/mol. The molecule has 1 unspecified atom stereocenters. The van der Waals surface area contributed by atoms with Crippen molar-refractivity contribution in [2.75, 3.05) is 19.6 Å². The topological polar surface area (TPSA) is 49.4 Å². The van der Waals surface area contributed by atoms with E-state index in [4.69, 9.17) is 0 Å². The number of aldehydes is 1. The highest BCUT2D eigenvalue weighted by Gasteiger charge is 2.20. The molecule has 1 N–H and O–H groups in total. The Labute approximate surface area is 134 Å². The number of rotatable bonds is 5. The van der Waals surface area contributed by atoms with Crippen LogP contribution < -0.4 is 5.32 Å². The van der Waals surface area contributed by atoms with E-state index in [2.05, 4.69) is 26.1 Å². The first-order chi connectivity index (χ1) is 10.1. The molecule has 0 bridgehead atoms. The second-order valence-electron chi connectivity index (χ2n) is 5.59. The average molecular weight is 353 g/mol. The molecule has 1 aromatic rings. The Morgan fingerprint density at radius 3 is 2.57 bits per heavy atom. The molecule has 0 saturated carbocycles. The van der Waals surface area contributed by atoms with E-state index >= 15 is 0 Å². The zero-order valence-corrected chi connectivity index (χ0v) is 13.8. The van der Waals surface area contributed by atoms with Crippen LogP contribution in [0.2, 0.25) is 0 Å². The van der Waals surface area contributed by atoms with E-state index in [9.17, 15) is 9.59 Å². The second-order valence-corrected chi connectivity index (χ2v) is 6.51. The number of likely N-dealkylation sites (tertiary alicyclic amines) is 1. The molecule has 1 saturated heterocycles. The highest BCUT2D eigenvalue weighted by atomic mass is 79.9. The van der Waals surface area contributed by atoms with Gasteiger partial charge in [0.05, 0.1) is 12.6 Å². The van der Waals surface area contributed by atoms with Gasteiger partial charge in [-0.2, -0.15) is 0 Å². The highest BCUT2D eigenvalue weighted by Crippen LogP contribution is 2.17. The molecular weight excluding hydrogens is 332 g/mol. The van der Waals surface area contributed by atoms with Crippen LogP contribution in [0.3, 0.4) is 0 Å². The van der Waals surface area contributed by atoms with Crippen LogP contribution in [0.4, 0.5) is 0 Å². The maximum absolute atomic E-state index is 12.1. The van der Waals surface area contributed by atoms with Gasteiger partial charge < -0.3 is 10.1 Å². The van der Waals surface area contributed by atoms with Crippen LogP contribution in [0.5, 0.6) is 0 Å². The van der Waals surface area contributed by atoms with E-state index < -0.39 is 0 Å². The Balaban J connectivity index is 1.79. The minimum atomic E-state index is -0.00175. The van der Waals surface area contributed by atoms with Gasteiger partial charge >= 0.3 is 0 Å². The van der Waals surface area contributed by atoms with Crippen molar-refractivity contribution in [3.63, 3.8) is 0 Å². The minimum Gasteiger partial charge on any atom is -0.348 e. The molecule has 21 heavy (non-hydrogen) atoms. The van der Waals surface area contributed by atoms with Crippen molar-refractivity contribution in [3.05, 3.63) is 34.3 Å². The summed E-state index contributed by atoms with van der Waals surface area (Å²) >= 11 is 3.40. The van der Waals surface area contributed by atoms with Crippen LogP contribution in [-0.4, -0.2) is 36.7 Å². The standard InChI is InChI=1S/C16H21BrN2O2/c1-12(14-2-4-15(17)5-3-14)18-16(21)10-19-8-6-13(11-20)7-9-19/h2-5,11-13H,6-10H2,1H3,(H,18,21). The molecule has 1 aliphatic heterocycles. The number of amides is 1. The quantitative estimate of drug-likeness (QED) is 0.828. The first-order valence-electron chi connectivity index (χ1n) is 7.31. The summed E-state index contributed by atoms with van der Waals surface area (Å²) in [5, 5.41) is 3.02. The van der Waals surface area contributed by atoms with Gasteiger partial charge in [0, 0.05) is 10.4 Å². The third kappa shape index (κ3) is 4.93. The molecule has 0 radical (unpaired) electrons. The van der Waals surface area contributed by atoms with Gasteiger partial charge in [0.15, 0.2) is 0 Å². The van der Waals surface area contributed by atoms with E-state index in [0.29, 0.717) is 6.54 Å². The van der Waals surface area contributed by atoms with Gasteiger partial charge in [0.2, 0.25) is 5.91 Å². The van der Waals surface area contributed by atoms with Crippen molar-refractivity contribution in [3.8, 4) is 0 Å². The molecular formula is C16H21BrN2O2. The Bertz CT molecular complexity index is 482. The summed E-state index contributed by atoms with van der Waals surface area (Å²) < 4.78 is 1.03. The van der Waals surface area contributed by atoms with Crippen molar-refractivity contribution in [2.24, 2.45) is 5.92 Å². The zero-order chi connectivity index (χ0) is 15.2. The van der Waals surface area contributed by atoms with Gasteiger partial charge in [-0.1, -0.05) is 28.1 Å². The lowest BCUT2D eigenvalue weighted by Crippen LogP contribution is -2.42. The summed E-state index contributed by atoms with van der Waals surface area (Å²) in [5.74, 6) is 0.209. The van der Waals surface area contributed by atoms with Crippen molar-refractivity contribution >= 4 is 28.1 Å². The van der Waals surface area contributed by atoms with Crippen molar-refractivity contribution in [2.45, 2.75) is 25.8 Å². The fourth-order valence-corrected chi connectivity index (χ4v) is 2.84. The maximum atomic E-state index is 12.1. The van der Waals surface area contributed by atoms with Crippen LogP contribution >= 0.6 is 15.9 Å². The molecule has 1 fully saturated rings. The summed E-state index contributed by atoms with van der Waals surface area (Å²) in [6, 6.07) is 7.96. The molecule has 114 valence electrons. The number of halogens is 1. The predicted molar refractivity (Wildman–Crippen MR) is 85.9 cm³/mol. The Hall–Kier alpha value is -1.20. The summed E-state index contributed by atoms with van der Waals surface area (Å²) in [7, 11) is 0. The number of nitrogens with one attached hydrogen (secondary N) is 1. The average Bonchev–Trinajstić information content (AvgIpc) is 2.48. The molecule has 2 rings (SSSR count). The summed E-state index contributed by atoms with van der Waals surface area (Å²) in [6.45, 7) is 4.04. The van der Waals surface area contributed by atoms with Gasteiger partial charge in [-0.05, 0) is 50.6 Å². The summed E-state index contributed by atoms with van der Waals surface area (Å²) in [6.07, 6.45) is 2.76. The van der Waals surface area contributed by atoms with Crippen LogP contribution in [0.15, 0.2) is 28.7 Å². The fraction of sp³-hybridized carbons (Fsp3) is 0.500. The van der Waals surface area contributed by atoms with Crippen molar-refractivity contribution in [1.29, 1.82) is 0 Å². The Morgan fingerprint density at radius 2 is 2.00 bits per heavy atom. The largest absolute Gasteiger partial charge is 0.348 e. The summed E-state index contributed by atoms with van der Waals surface area (Å²) in [5.41, 5.74) is 1.09. The van der Waals surface area contributed by atoms with Gasteiger partial charge in [-0.3, -0.25) is 9.69 Å². The fourth-order valence-electron chi connectivity index (χ4n) is 2.57. The second kappa shape index (κ2) is 7.71. The number of benzene rings is 1. The summed E-state index contributed by atoms with van der Waals surface area (Å²) in [4.78, 5) is 24.9. The lowest BCUT2D eigenvalue weighted by molar-refractivity contribution is -0.123. The zero-order valence-electron chi connectivity index (χ0n) is 12.2. The molecule has 1 aliphatic rings. The molecule has 0 spiro atoms. The van der Waals surface area contributed by atoms with Crippen molar-refractivity contribution < 1.29 is 9.59 Å². The van der Waals surface area contributed by atoms with Gasteiger partial charge in [-0.25, -0.2) is 0 Å². The van der Waals surface area contributed by atoms with Crippen LogP contribution in [0.25, 0.3) is 0 Å². The lowest BCUT2D eigenvalue weighted by Gasteiger charge is -2.29. The maximum Gasteiger partial charge on any atom is 0.234 e. The third-order valence-corrected chi connectivity index (χ3v) is 4.47. The van der Waals surface area contributed by atoms with Gasteiger partial charge in [0.25, 0.3) is 0 Å². The van der Waals surface area contributed by atoms with Gasteiger partial charge in [0.1, 0.15) is 6.29 Å². The number of piperidine rings is 1. The molecule has 0 aliphatic carbocycles. The van der Waals surface area contributed by atoms with E-state index in [-0.39, 0.29) is 17.9 Å².